The molecule has 0 aliphatic heterocycles. The van der Waals surface area contributed by atoms with Crippen LogP contribution in [0.4, 0.5) is 0 Å². The predicted octanol–water partition coefficient (Wildman–Crippen LogP) is -16.1. The number of hydrogen-bond acceptors (Lipinski definition) is 1. The van der Waals surface area contributed by atoms with Crippen LogP contribution in [0.3, 0.4) is 0 Å². The van der Waals surface area contributed by atoms with Crippen molar-refractivity contribution in [3.05, 3.63) is 0 Å². The van der Waals surface area contributed by atoms with Gasteiger partial charge in [0.25, 0.3) is 0 Å². The SMILES string of the molecule is BB=BB=BB=BB=BB=BB=BB=BB=BB=BB=BB=BB=BB=BB=BB=BB=BB=BB=BB=BB=BOC. The van der Waals surface area contributed by atoms with Crippen LogP contribution < -0.4 is 0 Å². The van der Waals surface area contributed by atoms with Crippen LogP contribution in [-0.4, -0.2) is 283 Å². The molecule has 0 aliphatic rings. The fraction of sp³-hybridized carbons (Fsp3) is 1.00. The van der Waals surface area contributed by atoms with Gasteiger partial charge in [0, 0.05) is 0 Å². The van der Waals surface area contributed by atoms with E-state index in [1.54, 1.807) is 14.1 Å². The van der Waals surface area contributed by atoms with Gasteiger partial charge in [-0.05, 0) is 0 Å². The molecule has 0 aromatic carbocycles. The standard InChI is InChI=1S/CH5B41O/c1-43-42-41-40-39-38-37-36-35-34-33-32-31-30-29-28-27-26-25-24-23-22-21-20-19-18-17-16-15-14-13-12-11-10-9-8-7-6-5-4-3-2/h2H2,1H3. The topological polar surface area (TPSA) is 9.23 Å². The quantitative estimate of drug-likeness (QED) is 0.159. The van der Waals surface area contributed by atoms with Gasteiger partial charge < -0.3 is 0 Å². The van der Waals surface area contributed by atoms with Crippen molar-refractivity contribution >= 4 is 276 Å². The van der Waals surface area contributed by atoms with Crippen molar-refractivity contribution < 1.29 is 4.65 Å². The van der Waals surface area contributed by atoms with Crippen molar-refractivity contribution in [2.45, 2.75) is 0 Å². The van der Waals surface area contributed by atoms with Crippen LogP contribution in [-0.2, 0) is 4.65 Å². The van der Waals surface area contributed by atoms with Crippen molar-refractivity contribution in [3.8, 4) is 0 Å². The second-order valence-corrected chi connectivity index (χ2v) is 8.02. The van der Waals surface area contributed by atoms with Gasteiger partial charge in [0.1, 0.15) is 0 Å². The van der Waals surface area contributed by atoms with Crippen molar-refractivity contribution in [3.63, 3.8) is 0 Å². The van der Waals surface area contributed by atoms with Crippen LogP contribution in [0.5, 0.6) is 0 Å². The fourth-order valence-electron chi connectivity index (χ4n) is 2.54. The Hall–Kier alpha value is 2.46. The van der Waals surface area contributed by atoms with E-state index in [9.17, 15) is 0 Å². The van der Waals surface area contributed by atoms with Gasteiger partial charge in [-0.1, -0.05) is 0 Å². The molecule has 0 amide bonds. The molecule has 43 heavy (non-hydrogen) atoms. The monoisotopic (exact) mass is 484 g/mol. The summed E-state index contributed by atoms with van der Waals surface area (Å²) in [6.45, 7) is 77.4. The first-order chi connectivity index (χ1) is 21.4. The maximum atomic E-state index is 4.81. The molecule has 0 heterocycles. The van der Waals surface area contributed by atoms with Crippen molar-refractivity contribution in [2.24, 2.45) is 0 Å². The van der Waals surface area contributed by atoms with Crippen LogP contribution in [0.15, 0.2) is 0 Å². The van der Waals surface area contributed by atoms with E-state index in [0.717, 1.165) is 0 Å². The predicted molar refractivity (Wildman–Crippen MR) is 246 cm³/mol. The molecule has 1 nitrogen and oxygen atoms in total. The molecule has 0 atom stereocenters. The Kier molecular flexibility index (Phi) is 47.0. The Balaban J connectivity index is 4.03. The number of rotatable bonds is 20. The van der Waals surface area contributed by atoms with Gasteiger partial charge in [0.05, 0.1) is 0 Å². The molecule has 42 heteroatoms. The van der Waals surface area contributed by atoms with Gasteiger partial charge in [-0.25, -0.2) is 0 Å². The van der Waals surface area contributed by atoms with E-state index in [1.807, 2.05) is 269 Å². The van der Waals surface area contributed by atoms with Crippen LogP contribution in [0, 0.1) is 0 Å². The molecule has 0 unspecified atom stereocenters. The van der Waals surface area contributed by atoms with E-state index in [1.165, 1.54) is 0 Å². The molecular weight excluding hydrogens is 471 g/mol. The van der Waals surface area contributed by atoms with Gasteiger partial charge in [-0.15, -0.1) is 0 Å². The summed E-state index contributed by atoms with van der Waals surface area (Å²) in [5.41, 5.74) is 0. The van der Waals surface area contributed by atoms with Gasteiger partial charge >= 0.3 is 288 Å². The molecule has 0 N–H and O–H groups in total. The summed E-state index contributed by atoms with van der Waals surface area (Å²) < 4.78 is 4.81. The average molecular weight is 476 g/mol. The first kappa shape index (κ1) is 45.5. The fourth-order valence-corrected chi connectivity index (χ4v) is 2.54. The molecule has 0 saturated heterocycles. The molecule has 0 radical (unpaired) electrons. The van der Waals surface area contributed by atoms with E-state index in [-0.39, 0.29) is 0 Å². The average Bonchev–Trinajstić information content (AvgIpc) is 3.02. The van der Waals surface area contributed by atoms with E-state index in [2.05, 4.69) is 0 Å². The normalized spacial score (nSPS) is 7.74. The summed E-state index contributed by atoms with van der Waals surface area (Å²) in [5.74, 6) is 0. The molecule has 0 spiro atoms. The van der Waals surface area contributed by atoms with Gasteiger partial charge in [-0.2, -0.15) is 0 Å². The summed E-state index contributed by atoms with van der Waals surface area (Å²) in [6, 6.07) is 0. The summed E-state index contributed by atoms with van der Waals surface area (Å²) in [4.78, 5) is 0. The van der Waals surface area contributed by atoms with E-state index < -0.39 is 0 Å². The molecule has 0 aromatic rings. The third-order valence-electron chi connectivity index (χ3n) is 4.52. The van der Waals surface area contributed by atoms with Gasteiger partial charge in [-0.3, -0.25) is 0 Å². The molecular formula is CH5B41O. The molecule has 0 bridgehead atoms. The minimum absolute atomic E-state index is 1.62. The Morgan fingerprint density at radius 3 is 0.512 bits per heavy atom. The maximum absolute atomic E-state index is 4.81. The Bertz CT molecular complexity index is 1280. The van der Waals surface area contributed by atoms with Crippen LogP contribution in [0.2, 0.25) is 0 Å². The zero-order valence-corrected chi connectivity index (χ0v) is 25.5. The van der Waals surface area contributed by atoms with Crippen LogP contribution >= 0.6 is 0 Å². The molecule has 0 aliphatic carbocycles. The second-order valence-electron chi connectivity index (χ2n) is 8.02. The zero-order valence-electron chi connectivity index (χ0n) is 25.5. The summed E-state index contributed by atoms with van der Waals surface area (Å²) >= 11 is 0. The third-order valence-corrected chi connectivity index (χ3v) is 4.52. The van der Waals surface area contributed by atoms with Gasteiger partial charge in [0.2, 0.25) is 0 Å². The molecule has 0 saturated carbocycles. The van der Waals surface area contributed by atoms with Gasteiger partial charge in [0.15, 0.2) is 0 Å². The third kappa shape index (κ3) is 44.5. The van der Waals surface area contributed by atoms with Crippen molar-refractivity contribution in [2.75, 3.05) is 7.11 Å². The Morgan fingerprint density at radius 1 is 0.233 bits per heavy atom. The van der Waals surface area contributed by atoms with Crippen molar-refractivity contribution in [1.29, 1.82) is 0 Å². The summed E-state index contributed by atoms with van der Waals surface area (Å²) in [5, 5.41) is 0. The molecule has 0 fully saturated rings. The van der Waals surface area contributed by atoms with Crippen LogP contribution in [0.1, 0.15) is 0 Å². The summed E-state index contributed by atoms with van der Waals surface area (Å²) in [7, 11) is 5.25. The first-order valence-electron chi connectivity index (χ1n) is 14.2. The molecule has 0 rings (SSSR count). The second kappa shape index (κ2) is 44.5. The Morgan fingerprint density at radius 2 is 0.372 bits per heavy atom. The first-order valence-corrected chi connectivity index (χ1v) is 14.2. The van der Waals surface area contributed by atoms with Crippen molar-refractivity contribution in [1.82, 2.24) is 0 Å². The van der Waals surface area contributed by atoms with E-state index in [4.69, 9.17) is 4.65 Å². The Labute approximate surface area is 285 Å². The summed E-state index contributed by atoms with van der Waals surface area (Å²) in [6.07, 6.45) is 0. The van der Waals surface area contributed by atoms with E-state index >= 15 is 0 Å². The molecule has 138 valence electrons. The van der Waals surface area contributed by atoms with Crippen LogP contribution in [0.25, 0.3) is 0 Å². The zero-order chi connectivity index (χ0) is 31.0. The number of hydrogen-bond donors (Lipinski definition) is 0. The minimum atomic E-state index is 1.62. The molecule has 0 aromatic heterocycles. The van der Waals surface area contributed by atoms with E-state index in [0.29, 0.717) is 0 Å².